The molecule has 0 aliphatic rings. The number of halogens is 1. The van der Waals surface area contributed by atoms with Gasteiger partial charge in [0.05, 0.1) is 0 Å². The van der Waals surface area contributed by atoms with Gasteiger partial charge in [0.1, 0.15) is 0 Å². The number of hydrogen-bond donors (Lipinski definition) is 1. The highest BCUT2D eigenvalue weighted by Crippen LogP contribution is 2.12. The van der Waals surface area contributed by atoms with Crippen LogP contribution in [0.25, 0.3) is 0 Å². The molecule has 0 rings (SSSR count). The first-order valence-corrected chi connectivity index (χ1v) is 4.66. The smallest absolute Gasteiger partial charge is 0.0403 e. The molecule has 0 amide bonds. The summed E-state index contributed by atoms with van der Waals surface area (Å²) in [4.78, 5) is 4.09. The van der Waals surface area contributed by atoms with Crippen LogP contribution in [0.1, 0.15) is 27.2 Å². The third-order valence-electron chi connectivity index (χ3n) is 1.80. The number of rotatable bonds is 3. The zero-order valence-electron chi connectivity index (χ0n) is 8.69. The predicted octanol–water partition coefficient (Wildman–Crippen LogP) is 2.84. The average Bonchev–Trinajstić information content (AvgIpc) is 2.11. The van der Waals surface area contributed by atoms with Gasteiger partial charge in [0, 0.05) is 29.1 Å². The lowest BCUT2D eigenvalue weighted by atomic mass is 10.1. The Balaban J connectivity index is 5.11. The molecule has 0 spiro atoms. The van der Waals surface area contributed by atoms with Crippen molar-refractivity contribution in [2.24, 2.45) is 10.7 Å². The van der Waals surface area contributed by atoms with Crippen molar-refractivity contribution in [3.05, 3.63) is 22.4 Å². The molecule has 0 aromatic rings. The molecule has 2 nitrogen and oxygen atoms in total. The monoisotopic (exact) mass is 200 g/mol. The third kappa shape index (κ3) is 4.13. The summed E-state index contributed by atoms with van der Waals surface area (Å²) in [5, 5.41) is 0.717. The second-order valence-electron chi connectivity index (χ2n) is 2.83. The lowest BCUT2D eigenvalue weighted by Crippen LogP contribution is -2.06. The normalized spacial score (nSPS) is 15.8. The summed E-state index contributed by atoms with van der Waals surface area (Å²) >= 11 is 5.79. The van der Waals surface area contributed by atoms with Crippen molar-refractivity contribution in [3.63, 3.8) is 0 Å². The summed E-state index contributed by atoms with van der Waals surface area (Å²) < 4.78 is 0. The van der Waals surface area contributed by atoms with Gasteiger partial charge in [-0.1, -0.05) is 18.5 Å². The van der Waals surface area contributed by atoms with E-state index in [0.29, 0.717) is 0 Å². The van der Waals surface area contributed by atoms with Gasteiger partial charge in [-0.3, -0.25) is 4.99 Å². The Kier molecular flexibility index (Phi) is 5.47. The summed E-state index contributed by atoms with van der Waals surface area (Å²) in [6, 6.07) is 0. The molecule has 0 saturated carbocycles. The SMILES string of the molecule is CCC(N)=C(/C=C(\C)Cl)C(C)=NC. The Morgan fingerprint density at radius 1 is 1.46 bits per heavy atom. The van der Waals surface area contributed by atoms with E-state index in [9.17, 15) is 0 Å². The topological polar surface area (TPSA) is 38.4 Å². The van der Waals surface area contributed by atoms with Crippen molar-refractivity contribution >= 4 is 17.3 Å². The van der Waals surface area contributed by atoms with E-state index in [1.54, 1.807) is 7.05 Å². The molecule has 0 aromatic carbocycles. The molecule has 0 aliphatic heterocycles. The maximum absolute atomic E-state index is 5.84. The van der Waals surface area contributed by atoms with Gasteiger partial charge in [0.2, 0.25) is 0 Å². The lowest BCUT2D eigenvalue weighted by Gasteiger charge is -2.06. The molecule has 2 N–H and O–H groups in total. The van der Waals surface area contributed by atoms with Crippen LogP contribution in [0.4, 0.5) is 0 Å². The maximum atomic E-state index is 5.84. The standard InChI is InChI=1S/C10H17ClN2/c1-5-10(12)9(6-7(2)11)8(3)13-4/h6H,5,12H2,1-4H3/b7-6+,10-9?,13-8?. The molecule has 0 atom stereocenters. The lowest BCUT2D eigenvalue weighted by molar-refractivity contribution is 1.06. The van der Waals surface area contributed by atoms with E-state index in [2.05, 4.69) is 4.99 Å². The van der Waals surface area contributed by atoms with E-state index in [4.69, 9.17) is 17.3 Å². The highest BCUT2D eigenvalue weighted by molar-refractivity contribution is 6.29. The Labute approximate surface area is 85.2 Å². The van der Waals surface area contributed by atoms with Crippen molar-refractivity contribution in [1.29, 1.82) is 0 Å². The molecular formula is C10H17ClN2. The second-order valence-corrected chi connectivity index (χ2v) is 3.43. The van der Waals surface area contributed by atoms with E-state index in [1.165, 1.54) is 0 Å². The summed E-state index contributed by atoms with van der Waals surface area (Å²) in [6.07, 6.45) is 2.66. The third-order valence-corrected chi connectivity index (χ3v) is 1.90. The van der Waals surface area contributed by atoms with Gasteiger partial charge in [-0.05, 0) is 26.3 Å². The summed E-state index contributed by atoms with van der Waals surface area (Å²) in [5.41, 5.74) is 8.52. The number of nitrogens with zero attached hydrogens (tertiary/aromatic N) is 1. The van der Waals surface area contributed by atoms with Crippen molar-refractivity contribution in [3.8, 4) is 0 Å². The molecule has 0 unspecified atom stereocenters. The average molecular weight is 201 g/mol. The fourth-order valence-corrected chi connectivity index (χ4v) is 1.05. The van der Waals surface area contributed by atoms with Gasteiger partial charge in [-0.15, -0.1) is 0 Å². The minimum atomic E-state index is 0.717. The van der Waals surface area contributed by atoms with E-state index in [0.717, 1.165) is 28.4 Å². The highest BCUT2D eigenvalue weighted by Gasteiger charge is 2.02. The molecule has 0 heterocycles. The van der Waals surface area contributed by atoms with E-state index >= 15 is 0 Å². The highest BCUT2D eigenvalue weighted by atomic mass is 35.5. The predicted molar refractivity (Wildman–Crippen MR) is 60.1 cm³/mol. The first-order valence-electron chi connectivity index (χ1n) is 4.29. The van der Waals surface area contributed by atoms with Crippen LogP contribution >= 0.6 is 11.6 Å². The van der Waals surface area contributed by atoms with Gasteiger partial charge in [-0.25, -0.2) is 0 Å². The van der Waals surface area contributed by atoms with Crippen LogP contribution in [0, 0.1) is 0 Å². The van der Waals surface area contributed by atoms with Gasteiger partial charge in [0.25, 0.3) is 0 Å². The minimum Gasteiger partial charge on any atom is -0.402 e. The summed E-state index contributed by atoms with van der Waals surface area (Å²) in [6.45, 7) is 5.76. The first kappa shape index (κ1) is 12.2. The zero-order chi connectivity index (χ0) is 10.4. The maximum Gasteiger partial charge on any atom is 0.0403 e. The molecule has 0 aromatic heterocycles. The minimum absolute atomic E-state index is 0.717. The Hall–Kier alpha value is -0.760. The molecular weight excluding hydrogens is 184 g/mol. The van der Waals surface area contributed by atoms with Crippen LogP contribution in [-0.4, -0.2) is 12.8 Å². The quantitative estimate of drug-likeness (QED) is 0.552. The fraction of sp³-hybridized carbons (Fsp3) is 0.500. The van der Waals surface area contributed by atoms with Crippen molar-refractivity contribution in [2.45, 2.75) is 27.2 Å². The van der Waals surface area contributed by atoms with Gasteiger partial charge < -0.3 is 5.73 Å². The van der Waals surface area contributed by atoms with Gasteiger partial charge in [0.15, 0.2) is 0 Å². The molecule has 0 aliphatic carbocycles. The molecule has 0 fully saturated rings. The van der Waals surface area contributed by atoms with Crippen LogP contribution in [0.15, 0.2) is 27.4 Å². The fourth-order valence-electron chi connectivity index (χ4n) is 0.939. The molecule has 0 bridgehead atoms. The van der Waals surface area contributed by atoms with Gasteiger partial charge >= 0.3 is 0 Å². The van der Waals surface area contributed by atoms with Gasteiger partial charge in [-0.2, -0.15) is 0 Å². The Morgan fingerprint density at radius 3 is 2.31 bits per heavy atom. The Morgan fingerprint density at radius 2 is 2.00 bits per heavy atom. The van der Waals surface area contributed by atoms with Crippen LogP contribution in [-0.2, 0) is 0 Å². The number of hydrogen-bond acceptors (Lipinski definition) is 2. The number of nitrogens with two attached hydrogens (primary N) is 1. The molecule has 13 heavy (non-hydrogen) atoms. The van der Waals surface area contributed by atoms with Crippen molar-refractivity contribution in [2.75, 3.05) is 7.05 Å². The van der Waals surface area contributed by atoms with Crippen LogP contribution in [0.5, 0.6) is 0 Å². The van der Waals surface area contributed by atoms with Crippen LogP contribution in [0.3, 0.4) is 0 Å². The largest absolute Gasteiger partial charge is 0.402 e. The van der Waals surface area contributed by atoms with E-state index in [-0.39, 0.29) is 0 Å². The molecule has 0 radical (unpaired) electrons. The van der Waals surface area contributed by atoms with Crippen molar-refractivity contribution in [1.82, 2.24) is 0 Å². The first-order chi connectivity index (χ1) is 6.02. The second kappa shape index (κ2) is 5.81. The number of aliphatic imine (C=N–C) groups is 1. The van der Waals surface area contributed by atoms with Crippen LogP contribution in [0.2, 0.25) is 0 Å². The summed E-state index contributed by atoms with van der Waals surface area (Å²) in [7, 11) is 1.75. The molecule has 3 heteroatoms. The number of allylic oxidation sites excluding steroid dienone is 4. The van der Waals surface area contributed by atoms with E-state index in [1.807, 2.05) is 26.8 Å². The van der Waals surface area contributed by atoms with Crippen LogP contribution < -0.4 is 5.73 Å². The zero-order valence-corrected chi connectivity index (χ0v) is 9.44. The summed E-state index contributed by atoms with van der Waals surface area (Å²) in [5.74, 6) is 0. The molecule has 0 saturated heterocycles. The Bertz CT molecular complexity index is 258. The molecule has 74 valence electrons. The van der Waals surface area contributed by atoms with Crippen molar-refractivity contribution < 1.29 is 0 Å². The van der Waals surface area contributed by atoms with E-state index < -0.39 is 0 Å².